The number of hydrogen-bond acceptors (Lipinski definition) is 5. The second kappa shape index (κ2) is 6.86. The van der Waals surface area contributed by atoms with Crippen LogP contribution in [-0.2, 0) is 13.1 Å². The highest BCUT2D eigenvalue weighted by Crippen LogP contribution is 2.18. The van der Waals surface area contributed by atoms with Gasteiger partial charge in [0.25, 0.3) is 0 Å². The molecule has 0 fully saturated rings. The van der Waals surface area contributed by atoms with E-state index in [0.717, 1.165) is 16.1 Å². The minimum Gasteiger partial charge on any atom is -0.364 e. The fourth-order valence-electron chi connectivity index (χ4n) is 2.57. The summed E-state index contributed by atoms with van der Waals surface area (Å²) in [5.41, 5.74) is 3.61. The maximum Gasteiger partial charge on any atom is 0.184 e. The van der Waals surface area contributed by atoms with Crippen molar-refractivity contribution >= 4 is 28.6 Å². The molecule has 2 aromatic heterocycles. The first-order chi connectivity index (χ1) is 12.3. The molecule has 4 aromatic rings. The fraction of sp³-hybridized carbons (Fsp3) is 0.111. The Balaban J connectivity index is 1.57. The third kappa shape index (κ3) is 3.44. The van der Waals surface area contributed by atoms with Crippen LogP contribution in [0.25, 0.3) is 11.2 Å². The number of halogens is 1. The second-order valence-corrected chi connectivity index (χ2v) is 6.04. The van der Waals surface area contributed by atoms with E-state index in [1.807, 2.05) is 54.6 Å². The monoisotopic (exact) mass is 350 g/mol. The lowest BCUT2D eigenvalue weighted by atomic mass is 10.2. The lowest BCUT2D eigenvalue weighted by Crippen LogP contribution is -2.04. The summed E-state index contributed by atoms with van der Waals surface area (Å²) >= 11 is 5.91. The highest BCUT2D eigenvalue weighted by atomic mass is 35.5. The van der Waals surface area contributed by atoms with Crippen LogP contribution in [0.5, 0.6) is 0 Å². The van der Waals surface area contributed by atoms with E-state index < -0.39 is 0 Å². The third-order valence-electron chi connectivity index (χ3n) is 3.85. The van der Waals surface area contributed by atoms with Gasteiger partial charge in [-0.3, -0.25) is 0 Å². The summed E-state index contributed by atoms with van der Waals surface area (Å²) in [6.07, 6.45) is 1.53. The first-order valence-corrected chi connectivity index (χ1v) is 8.24. The van der Waals surface area contributed by atoms with E-state index in [1.54, 1.807) is 4.68 Å². The van der Waals surface area contributed by atoms with Crippen LogP contribution >= 0.6 is 11.6 Å². The number of benzene rings is 2. The normalized spacial score (nSPS) is 10.9. The number of fused-ring (bicyclic) bond motifs is 1. The summed E-state index contributed by atoms with van der Waals surface area (Å²) in [5, 5.41) is 12.5. The molecule has 0 radical (unpaired) electrons. The van der Waals surface area contributed by atoms with Gasteiger partial charge in [-0.25, -0.2) is 14.6 Å². The second-order valence-electron chi connectivity index (χ2n) is 5.61. The van der Waals surface area contributed by atoms with Crippen molar-refractivity contribution in [1.29, 1.82) is 0 Å². The van der Waals surface area contributed by atoms with Crippen LogP contribution in [0.2, 0.25) is 5.02 Å². The molecule has 0 aliphatic rings. The summed E-state index contributed by atoms with van der Waals surface area (Å²) in [4.78, 5) is 8.63. The van der Waals surface area contributed by atoms with Gasteiger partial charge in [0, 0.05) is 11.6 Å². The van der Waals surface area contributed by atoms with Crippen LogP contribution in [-0.4, -0.2) is 25.0 Å². The van der Waals surface area contributed by atoms with Gasteiger partial charge in [-0.1, -0.05) is 59.3 Å². The van der Waals surface area contributed by atoms with Gasteiger partial charge in [-0.2, -0.15) is 0 Å². The molecule has 25 heavy (non-hydrogen) atoms. The number of nitrogens with zero attached hydrogens (tertiary/aromatic N) is 5. The molecule has 2 heterocycles. The molecule has 2 aromatic carbocycles. The standard InChI is InChI=1S/C18H15ClN6/c19-15-8-6-13(7-9-15)10-20-17-16-18(22-12-21-17)25(24-23-16)11-14-4-2-1-3-5-14/h1-9,12H,10-11H2,(H,20,21,22). The molecule has 0 saturated carbocycles. The lowest BCUT2D eigenvalue weighted by molar-refractivity contribution is 0.664. The van der Waals surface area contributed by atoms with E-state index >= 15 is 0 Å². The van der Waals surface area contributed by atoms with Gasteiger partial charge in [0.1, 0.15) is 6.33 Å². The largest absolute Gasteiger partial charge is 0.364 e. The van der Waals surface area contributed by atoms with Crippen molar-refractivity contribution in [3.63, 3.8) is 0 Å². The van der Waals surface area contributed by atoms with Crippen LogP contribution in [0.3, 0.4) is 0 Å². The Labute approximate surface area is 149 Å². The Morgan fingerprint density at radius 2 is 1.72 bits per heavy atom. The molecule has 0 spiro atoms. The van der Waals surface area contributed by atoms with Crippen molar-refractivity contribution in [2.75, 3.05) is 5.32 Å². The Morgan fingerprint density at radius 1 is 0.920 bits per heavy atom. The molecule has 0 aliphatic heterocycles. The van der Waals surface area contributed by atoms with Crippen molar-refractivity contribution in [2.45, 2.75) is 13.1 Å². The van der Waals surface area contributed by atoms with Crippen LogP contribution in [0.4, 0.5) is 5.82 Å². The van der Waals surface area contributed by atoms with Crippen molar-refractivity contribution in [2.24, 2.45) is 0 Å². The van der Waals surface area contributed by atoms with Gasteiger partial charge >= 0.3 is 0 Å². The zero-order valence-corrected chi connectivity index (χ0v) is 14.1. The Hall–Kier alpha value is -2.99. The topological polar surface area (TPSA) is 68.5 Å². The quantitative estimate of drug-likeness (QED) is 0.596. The molecule has 0 atom stereocenters. The molecule has 0 amide bonds. The van der Waals surface area contributed by atoms with Crippen molar-refractivity contribution in [1.82, 2.24) is 25.0 Å². The van der Waals surface area contributed by atoms with E-state index in [1.165, 1.54) is 6.33 Å². The van der Waals surface area contributed by atoms with E-state index in [0.29, 0.717) is 30.1 Å². The SMILES string of the molecule is Clc1ccc(CNc2ncnc3c2nnn3Cc2ccccc2)cc1. The van der Waals surface area contributed by atoms with Crippen molar-refractivity contribution < 1.29 is 0 Å². The maximum atomic E-state index is 5.91. The third-order valence-corrected chi connectivity index (χ3v) is 4.10. The Morgan fingerprint density at radius 3 is 2.52 bits per heavy atom. The van der Waals surface area contributed by atoms with Gasteiger partial charge in [0.2, 0.25) is 0 Å². The van der Waals surface area contributed by atoms with Crippen molar-refractivity contribution in [3.8, 4) is 0 Å². The number of rotatable bonds is 5. The van der Waals surface area contributed by atoms with Gasteiger partial charge in [0.05, 0.1) is 6.54 Å². The summed E-state index contributed by atoms with van der Waals surface area (Å²) in [7, 11) is 0. The molecule has 0 bridgehead atoms. The molecule has 7 heteroatoms. The highest BCUT2D eigenvalue weighted by Gasteiger charge is 2.11. The Kier molecular flexibility index (Phi) is 4.26. The molecule has 124 valence electrons. The fourth-order valence-corrected chi connectivity index (χ4v) is 2.70. The zero-order valence-electron chi connectivity index (χ0n) is 13.3. The first kappa shape index (κ1) is 15.5. The van der Waals surface area contributed by atoms with Crippen LogP contribution in [0, 0.1) is 0 Å². The van der Waals surface area contributed by atoms with E-state index in [9.17, 15) is 0 Å². The Bertz CT molecular complexity index is 982. The maximum absolute atomic E-state index is 5.91. The van der Waals surface area contributed by atoms with Gasteiger partial charge in [-0.15, -0.1) is 5.10 Å². The molecular formula is C18H15ClN6. The van der Waals surface area contributed by atoms with Gasteiger partial charge in [-0.05, 0) is 23.3 Å². The number of nitrogens with one attached hydrogen (secondary N) is 1. The molecule has 6 nitrogen and oxygen atoms in total. The van der Waals surface area contributed by atoms with Gasteiger partial charge < -0.3 is 5.32 Å². The summed E-state index contributed by atoms with van der Waals surface area (Å²) in [5.74, 6) is 0.666. The predicted octanol–water partition coefficient (Wildman–Crippen LogP) is 3.54. The highest BCUT2D eigenvalue weighted by molar-refractivity contribution is 6.30. The number of hydrogen-bond donors (Lipinski definition) is 1. The minimum absolute atomic E-state index is 0.616. The van der Waals surface area contributed by atoms with Crippen LogP contribution < -0.4 is 5.32 Å². The summed E-state index contributed by atoms with van der Waals surface area (Å²) < 4.78 is 1.78. The van der Waals surface area contributed by atoms with Gasteiger partial charge in [0.15, 0.2) is 17.0 Å². The van der Waals surface area contributed by atoms with Crippen LogP contribution in [0.15, 0.2) is 60.9 Å². The summed E-state index contributed by atoms with van der Waals surface area (Å²) in [6, 6.07) is 17.8. The van der Waals surface area contributed by atoms with Crippen LogP contribution in [0.1, 0.15) is 11.1 Å². The number of aromatic nitrogens is 5. The minimum atomic E-state index is 0.616. The predicted molar refractivity (Wildman–Crippen MR) is 97.4 cm³/mol. The average Bonchev–Trinajstić information content (AvgIpc) is 3.06. The molecule has 4 rings (SSSR count). The average molecular weight is 351 g/mol. The van der Waals surface area contributed by atoms with E-state index in [-0.39, 0.29) is 0 Å². The zero-order chi connectivity index (χ0) is 17.1. The molecular weight excluding hydrogens is 336 g/mol. The number of anilines is 1. The smallest absolute Gasteiger partial charge is 0.184 e. The van der Waals surface area contributed by atoms with Crippen molar-refractivity contribution in [3.05, 3.63) is 77.1 Å². The lowest BCUT2D eigenvalue weighted by Gasteiger charge is -2.06. The first-order valence-electron chi connectivity index (χ1n) is 7.86. The molecule has 1 N–H and O–H groups in total. The van der Waals surface area contributed by atoms with E-state index in [4.69, 9.17) is 11.6 Å². The summed E-state index contributed by atoms with van der Waals surface area (Å²) in [6.45, 7) is 1.24. The van der Waals surface area contributed by atoms with E-state index in [2.05, 4.69) is 25.6 Å². The molecule has 0 saturated heterocycles. The molecule has 0 unspecified atom stereocenters. The molecule has 0 aliphatic carbocycles.